The summed E-state index contributed by atoms with van der Waals surface area (Å²) in [5.41, 5.74) is 4.77. The van der Waals surface area contributed by atoms with Gasteiger partial charge in [-0.05, 0) is 31.4 Å². The van der Waals surface area contributed by atoms with Crippen LogP contribution in [0.3, 0.4) is 0 Å². The fraction of sp³-hybridized carbons (Fsp3) is 0.200. The fourth-order valence-electron chi connectivity index (χ4n) is 3.57. The van der Waals surface area contributed by atoms with Crippen LogP contribution in [0.15, 0.2) is 64.9 Å². The molecule has 0 unspecified atom stereocenters. The molecular formula is C25H24N4O2S. The number of carbonyl (C=O) groups is 1. The molecule has 0 fully saturated rings. The first-order valence-electron chi connectivity index (χ1n) is 10.4. The van der Waals surface area contributed by atoms with Crippen LogP contribution in [0.5, 0.6) is 0 Å². The third kappa shape index (κ3) is 4.38. The number of benzene rings is 2. The van der Waals surface area contributed by atoms with E-state index in [0.717, 1.165) is 34.5 Å². The van der Waals surface area contributed by atoms with Gasteiger partial charge in [-0.25, -0.2) is 9.97 Å². The Morgan fingerprint density at radius 3 is 2.62 bits per heavy atom. The lowest BCUT2D eigenvalue weighted by atomic mass is 10.1. The summed E-state index contributed by atoms with van der Waals surface area (Å²) >= 11 is 1.39. The molecule has 0 radical (unpaired) electrons. The monoisotopic (exact) mass is 444 g/mol. The van der Waals surface area contributed by atoms with E-state index < -0.39 is 0 Å². The smallest absolute Gasteiger partial charge is 0.264 e. The first kappa shape index (κ1) is 21.6. The van der Waals surface area contributed by atoms with Gasteiger partial charge in [-0.1, -0.05) is 55.5 Å². The van der Waals surface area contributed by atoms with Crippen molar-refractivity contribution >= 4 is 22.9 Å². The standard InChI is InChI=1S/C25H24N4O2S/c1-4-18-12-8-9-16(2)23(18)28-22(30)14-29-17(3)26-13-20(25(29)31)24-27-21(15-32-24)19-10-6-5-7-11-19/h5-13,15H,4,14H2,1-3H3,(H,28,30). The van der Waals surface area contributed by atoms with Gasteiger partial charge in [0.05, 0.1) is 11.3 Å². The van der Waals surface area contributed by atoms with Gasteiger partial charge < -0.3 is 5.32 Å². The molecule has 6 nitrogen and oxygen atoms in total. The molecular weight excluding hydrogens is 420 g/mol. The molecule has 1 N–H and O–H groups in total. The van der Waals surface area contributed by atoms with E-state index in [1.54, 1.807) is 6.92 Å². The summed E-state index contributed by atoms with van der Waals surface area (Å²) in [6, 6.07) is 15.7. The highest BCUT2D eigenvalue weighted by Crippen LogP contribution is 2.27. The molecule has 0 aliphatic heterocycles. The summed E-state index contributed by atoms with van der Waals surface area (Å²) in [6.07, 6.45) is 2.34. The lowest BCUT2D eigenvalue weighted by Crippen LogP contribution is -2.31. The zero-order valence-corrected chi connectivity index (χ0v) is 19.1. The minimum atomic E-state index is -0.276. The van der Waals surface area contributed by atoms with Crippen LogP contribution in [0.25, 0.3) is 21.8 Å². The molecule has 2 aromatic heterocycles. The fourth-order valence-corrected chi connectivity index (χ4v) is 4.40. The Balaban J connectivity index is 1.62. The number of nitrogens with zero attached hydrogens (tertiary/aromatic N) is 3. The van der Waals surface area contributed by atoms with Crippen LogP contribution >= 0.6 is 11.3 Å². The van der Waals surface area contributed by atoms with Gasteiger partial charge in [-0.3, -0.25) is 14.2 Å². The highest BCUT2D eigenvalue weighted by molar-refractivity contribution is 7.13. The Morgan fingerprint density at radius 1 is 1.09 bits per heavy atom. The Kier molecular flexibility index (Phi) is 6.28. The number of thiazole rings is 1. The molecule has 0 spiro atoms. The summed E-state index contributed by atoms with van der Waals surface area (Å²) in [5, 5.41) is 5.49. The number of aromatic nitrogens is 3. The van der Waals surface area contributed by atoms with E-state index in [1.165, 1.54) is 22.1 Å². The average molecular weight is 445 g/mol. The van der Waals surface area contributed by atoms with Crippen LogP contribution in [0.2, 0.25) is 0 Å². The number of carbonyl (C=O) groups excluding carboxylic acids is 1. The molecule has 0 saturated carbocycles. The second kappa shape index (κ2) is 9.28. The van der Waals surface area contributed by atoms with Crippen LogP contribution in [-0.4, -0.2) is 20.4 Å². The SMILES string of the molecule is CCc1cccc(C)c1NC(=O)Cn1c(C)ncc(-c2nc(-c3ccccc3)cs2)c1=O. The number of rotatable bonds is 6. The zero-order valence-electron chi connectivity index (χ0n) is 18.3. The Labute approximate surface area is 190 Å². The largest absolute Gasteiger partial charge is 0.324 e. The molecule has 0 aliphatic carbocycles. The van der Waals surface area contributed by atoms with Crippen LogP contribution < -0.4 is 10.9 Å². The van der Waals surface area contributed by atoms with E-state index in [9.17, 15) is 9.59 Å². The number of para-hydroxylation sites is 1. The molecule has 0 atom stereocenters. The summed E-state index contributed by atoms with van der Waals surface area (Å²) in [4.78, 5) is 35.0. The second-order valence-electron chi connectivity index (χ2n) is 7.53. The molecule has 1 amide bonds. The van der Waals surface area contributed by atoms with E-state index in [0.29, 0.717) is 16.4 Å². The van der Waals surface area contributed by atoms with Gasteiger partial charge in [0, 0.05) is 22.8 Å². The van der Waals surface area contributed by atoms with Crippen molar-refractivity contribution < 1.29 is 4.79 Å². The van der Waals surface area contributed by atoms with Crippen molar-refractivity contribution in [2.75, 3.05) is 5.32 Å². The number of anilines is 1. The van der Waals surface area contributed by atoms with Gasteiger partial charge >= 0.3 is 0 Å². The third-order valence-corrected chi connectivity index (χ3v) is 6.23. The summed E-state index contributed by atoms with van der Waals surface area (Å²) in [5.74, 6) is 0.219. The summed E-state index contributed by atoms with van der Waals surface area (Å²) in [6.45, 7) is 5.62. The minimum Gasteiger partial charge on any atom is -0.324 e. The van der Waals surface area contributed by atoms with E-state index >= 15 is 0 Å². The highest BCUT2D eigenvalue weighted by atomic mass is 32.1. The molecule has 0 saturated heterocycles. The highest BCUT2D eigenvalue weighted by Gasteiger charge is 2.17. The molecule has 4 aromatic rings. The lowest BCUT2D eigenvalue weighted by molar-refractivity contribution is -0.116. The molecule has 2 heterocycles. The topological polar surface area (TPSA) is 76.9 Å². The number of aryl methyl sites for hydroxylation is 3. The minimum absolute atomic E-state index is 0.111. The van der Waals surface area contributed by atoms with E-state index in [1.807, 2.05) is 67.8 Å². The lowest BCUT2D eigenvalue weighted by Gasteiger charge is -2.14. The first-order chi connectivity index (χ1) is 15.5. The number of nitrogens with one attached hydrogen (secondary N) is 1. The van der Waals surface area contributed by atoms with Gasteiger partial charge in [0.1, 0.15) is 17.4 Å². The molecule has 32 heavy (non-hydrogen) atoms. The third-order valence-electron chi connectivity index (χ3n) is 5.36. The molecule has 162 valence electrons. The van der Waals surface area contributed by atoms with Crippen molar-refractivity contribution in [1.82, 2.24) is 14.5 Å². The van der Waals surface area contributed by atoms with Crippen LogP contribution in [-0.2, 0) is 17.8 Å². The van der Waals surface area contributed by atoms with Crippen molar-refractivity contribution in [3.8, 4) is 21.8 Å². The Bertz CT molecular complexity index is 1330. The van der Waals surface area contributed by atoms with E-state index in [-0.39, 0.29) is 18.0 Å². The van der Waals surface area contributed by atoms with Gasteiger partial charge in [0.25, 0.3) is 5.56 Å². The van der Waals surface area contributed by atoms with Gasteiger partial charge in [0.2, 0.25) is 5.91 Å². The van der Waals surface area contributed by atoms with Gasteiger partial charge in [-0.2, -0.15) is 0 Å². The van der Waals surface area contributed by atoms with Crippen molar-refractivity contribution in [1.29, 1.82) is 0 Å². The van der Waals surface area contributed by atoms with Crippen molar-refractivity contribution in [2.24, 2.45) is 0 Å². The van der Waals surface area contributed by atoms with Crippen LogP contribution in [0.1, 0.15) is 23.9 Å². The predicted octanol–water partition coefficient (Wildman–Crippen LogP) is 4.85. The van der Waals surface area contributed by atoms with Crippen molar-refractivity contribution in [3.63, 3.8) is 0 Å². The maximum atomic E-state index is 13.2. The number of hydrogen-bond acceptors (Lipinski definition) is 5. The zero-order chi connectivity index (χ0) is 22.7. The first-order valence-corrected chi connectivity index (χ1v) is 11.3. The Morgan fingerprint density at radius 2 is 1.88 bits per heavy atom. The normalized spacial score (nSPS) is 10.8. The maximum Gasteiger partial charge on any atom is 0.264 e. The molecule has 0 bridgehead atoms. The molecule has 0 aliphatic rings. The average Bonchev–Trinajstić information content (AvgIpc) is 3.28. The molecule has 4 rings (SSSR count). The van der Waals surface area contributed by atoms with Crippen LogP contribution in [0.4, 0.5) is 5.69 Å². The Hall–Kier alpha value is -3.58. The van der Waals surface area contributed by atoms with Gasteiger partial charge in [0.15, 0.2) is 0 Å². The number of hydrogen-bond donors (Lipinski definition) is 1. The second-order valence-corrected chi connectivity index (χ2v) is 8.38. The summed E-state index contributed by atoms with van der Waals surface area (Å²) < 4.78 is 1.40. The number of amides is 1. The quantitative estimate of drug-likeness (QED) is 0.461. The molecule has 2 aromatic carbocycles. The van der Waals surface area contributed by atoms with E-state index in [4.69, 9.17) is 0 Å². The summed E-state index contributed by atoms with van der Waals surface area (Å²) in [7, 11) is 0. The van der Waals surface area contributed by atoms with Gasteiger partial charge in [-0.15, -0.1) is 11.3 Å². The van der Waals surface area contributed by atoms with Crippen molar-refractivity contribution in [2.45, 2.75) is 33.7 Å². The van der Waals surface area contributed by atoms with E-state index in [2.05, 4.69) is 15.3 Å². The van der Waals surface area contributed by atoms with Crippen LogP contribution in [0, 0.1) is 13.8 Å². The maximum absolute atomic E-state index is 13.2. The molecule has 7 heteroatoms. The predicted molar refractivity (Wildman–Crippen MR) is 129 cm³/mol. The van der Waals surface area contributed by atoms with Crippen molar-refractivity contribution in [3.05, 3.63) is 87.4 Å².